The van der Waals surface area contributed by atoms with Crippen LogP contribution in [0.4, 0.5) is 4.39 Å². The van der Waals surface area contributed by atoms with E-state index in [2.05, 4.69) is 15.9 Å². The number of Topliss-reactive ketones (excluding diaryl/α,β-unsaturated/α-hetero) is 1. The Morgan fingerprint density at radius 1 is 1.41 bits per heavy atom. The second kappa shape index (κ2) is 5.71. The Kier molecular flexibility index (Phi) is 4.25. The van der Waals surface area contributed by atoms with Crippen molar-refractivity contribution in [2.45, 2.75) is 0 Å². The third kappa shape index (κ3) is 3.34. The van der Waals surface area contributed by atoms with E-state index < -0.39 is 5.82 Å². The first-order valence-corrected chi connectivity index (χ1v) is 6.24. The van der Waals surface area contributed by atoms with Gasteiger partial charge in [0.25, 0.3) is 0 Å². The van der Waals surface area contributed by atoms with Gasteiger partial charge in [0, 0.05) is 17.6 Å². The van der Waals surface area contributed by atoms with Crippen LogP contribution in [0.2, 0.25) is 0 Å². The van der Waals surface area contributed by atoms with Crippen molar-refractivity contribution in [3.63, 3.8) is 0 Å². The third-order valence-electron chi connectivity index (χ3n) is 2.70. The van der Waals surface area contributed by atoms with Gasteiger partial charge in [-0.3, -0.25) is 9.69 Å². The van der Waals surface area contributed by atoms with Crippen LogP contribution in [0.25, 0.3) is 0 Å². The first-order valence-electron chi connectivity index (χ1n) is 5.45. The summed E-state index contributed by atoms with van der Waals surface area (Å²) in [5, 5.41) is 0. The van der Waals surface area contributed by atoms with Gasteiger partial charge in [0.05, 0.1) is 25.3 Å². The van der Waals surface area contributed by atoms with E-state index in [0.29, 0.717) is 17.7 Å². The Morgan fingerprint density at radius 3 is 2.82 bits per heavy atom. The Morgan fingerprint density at radius 2 is 2.12 bits per heavy atom. The molecule has 1 aromatic carbocycles. The molecule has 1 aliphatic heterocycles. The predicted octanol–water partition coefficient (Wildman–Crippen LogP) is 2.10. The number of nitrogens with zero attached hydrogens (tertiary/aromatic N) is 1. The maximum absolute atomic E-state index is 13.5. The van der Waals surface area contributed by atoms with Gasteiger partial charge in [-0.25, -0.2) is 4.39 Å². The van der Waals surface area contributed by atoms with E-state index in [0.717, 1.165) is 13.1 Å². The van der Waals surface area contributed by atoms with Crippen molar-refractivity contribution in [3.8, 4) is 0 Å². The highest BCUT2D eigenvalue weighted by molar-refractivity contribution is 9.10. The summed E-state index contributed by atoms with van der Waals surface area (Å²) in [7, 11) is 0. The second-order valence-electron chi connectivity index (χ2n) is 3.94. The third-order valence-corrected chi connectivity index (χ3v) is 3.19. The number of rotatable bonds is 3. The van der Waals surface area contributed by atoms with E-state index in [-0.39, 0.29) is 17.9 Å². The van der Waals surface area contributed by atoms with E-state index in [9.17, 15) is 9.18 Å². The highest BCUT2D eigenvalue weighted by Crippen LogP contribution is 2.16. The zero-order valence-electron chi connectivity index (χ0n) is 9.29. The molecule has 5 heteroatoms. The molecule has 2 rings (SSSR count). The summed E-state index contributed by atoms with van der Waals surface area (Å²) in [4.78, 5) is 13.9. The maximum Gasteiger partial charge on any atom is 0.179 e. The summed E-state index contributed by atoms with van der Waals surface area (Å²) in [6.07, 6.45) is 0. The van der Waals surface area contributed by atoms with Crippen LogP contribution in [0.3, 0.4) is 0 Å². The van der Waals surface area contributed by atoms with Crippen molar-refractivity contribution in [3.05, 3.63) is 34.1 Å². The molecule has 1 aliphatic rings. The number of morpholine rings is 1. The van der Waals surface area contributed by atoms with Gasteiger partial charge in [0.2, 0.25) is 0 Å². The normalized spacial score (nSPS) is 17.1. The lowest BCUT2D eigenvalue weighted by molar-refractivity contribution is 0.0370. The fraction of sp³-hybridized carbons (Fsp3) is 0.417. The van der Waals surface area contributed by atoms with Crippen LogP contribution in [-0.2, 0) is 4.74 Å². The molecule has 92 valence electrons. The molecule has 17 heavy (non-hydrogen) atoms. The molecule has 0 amide bonds. The van der Waals surface area contributed by atoms with Gasteiger partial charge in [0.1, 0.15) is 5.82 Å². The number of ether oxygens (including phenoxy) is 1. The lowest BCUT2D eigenvalue weighted by Crippen LogP contribution is -2.39. The highest BCUT2D eigenvalue weighted by Gasteiger charge is 2.18. The van der Waals surface area contributed by atoms with Crippen LogP contribution in [-0.4, -0.2) is 43.5 Å². The monoisotopic (exact) mass is 301 g/mol. The Hall–Kier alpha value is -0.780. The summed E-state index contributed by atoms with van der Waals surface area (Å²) < 4.78 is 19.4. The first kappa shape index (κ1) is 12.7. The number of carbonyl (C=O) groups excluding carboxylic acids is 1. The smallest absolute Gasteiger partial charge is 0.179 e. The lowest BCUT2D eigenvalue weighted by Gasteiger charge is -2.25. The molecule has 0 aromatic heterocycles. The quantitative estimate of drug-likeness (QED) is 0.801. The molecular formula is C12H13BrFNO2. The van der Waals surface area contributed by atoms with E-state index in [1.54, 1.807) is 6.07 Å². The van der Waals surface area contributed by atoms with Crippen molar-refractivity contribution in [2.24, 2.45) is 0 Å². The van der Waals surface area contributed by atoms with Crippen molar-refractivity contribution in [1.82, 2.24) is 4.90 Å². The van der Waals surface area contributed by atoms with Gasteiger partial charge >= 0.3 is 0 Å². The molecule has 3 nitrogen and oxygen atoms in total. The molecule has 0 N–H and O–H groups in total. The number of halogens is 2. The van der Waals surface area contributed by atoms with Crippen LogP contribution in [0, 0.1) is 5.82 Å². The molecule has 1 aromatic rings. The number of hydrogen-bond acceptors (Lipinski definition) is 3. The van der Waals surface area contributed by atoms with Gasteiger partial charge in [-0.2, -0.15) is 0 Å². The summed E-state index contributed by atoms with van der Waals surface area (Å²) in [6, 6.07) is 4.41. The summed E-state index contributed by atoms with van der Waals surface area (Å²) in [5.41, 5.74) is 0.144. The van der Waals surface area contributed by atoms with Gasteiger partial charge in [-0.05, 0) is 18.2 Å². The molecular weight excluding hydrogens is 289 g/mol. The summed E-state index contributed by atoms with van der Waals surface area (Å²) >= 11 is 3.24. The topological polar surface area (TPSA) is 29.5 Å². The fourth-order valence-corrected chi connectivity index (χ4v) is 2.12. The molecule has 1 saturated heterocycles. The first-order chi connectivity index (χ1) is 8.16. The standard InChI is InChI=1S/C12H13BrFNO2/c13-9-1-2-11(14)10(7-9)12(16)8-15-3-5-17-6-4-15/h1-2,7H,3-6,8H2. The molecule has 1 fully saturated rings. The number of hydrogen-bond donors (Lipinski definition) is 0. The van der Waals surface area contributed by atoms with Crippen molar-refractivity contribution in [2.75, 3.05) is 32.8 Å². The van der Waals surface area contributed by atoms with Gasteiger partial charge in [-0.15, -0.1) is 0 Å². The van der Waals surface area contributed by atoms with Crippen LogP contribution in [0.15, 0.2) is 22.7 Å². The number of benzene rings is 1. The van der Waals surface area contributed by atoms with Crippen molar-refractivity contribution < 1.29 is 13.9 Å². The van der Waals surface area contributed by atoms with Gasteiger partial charge in [0.15, 0.2) is 5.78 Å². The molecule has 0 radical (unpaired) electrons. The summed E-state index contributed by atoms with van der Waals surface area (Å²) in [5.74, 6) is -0.655. The van der Waals surface area contributed by atoms with Crippen LogP contribution < -0.4 is 0 Å². The largest absolute Gasteiger partial charge is 0.379 e. The molecule has 1 heterocycles. The fourth-order valence-electron chi connectivity index (χ4n) is 1.76. The molecule has 0 unspecified atom stereocenters. The van der Waals surface area contributed by atoms with Crippen LogP contribution in [0.1, 0.15) is 10.4 Å². The zero-order chi connectivity index (χ0) is 12.3. The Bertz CT molecular complexity index is 419. The van der Waals surface area contributed by atoms with E-state index >= 15 is 0 Å². The predicted molar refractivity (Wildman–Crippen MR) is 65.7 cm³/mol. The number of ketones is 1. The van der Waals surface area contributed by atoms with Crippen LogP contribution in [0.5, 0.6) is 0 Å². The minimum atomic E-state index is -0.466. The lowest BCUT2D eigenvalue weighted by atomic mass is 10.1. The molecule has 0 spiro atoms. The maximum atomic E-state index is 13.5. The second-order valence-corrected chi connectivity index (χ2v) is 4.85. The Balaban J connectivity index is 2.05. The zero-order valence-corrected chi connectivity index (χ0v) is 10.9. The molecule has 0 saturated carbocycles. The van der Waals surface area contributed by atoms with E-state index in [1.165, 1.54) is 12.1 Å². The summed E-state index contributed by atoms with van der Waals surface area (Å²) in [6.45, 7) is 2.96. The van der Waals surface area contributed by atoms with Gasteiger partial charge < -0.3 is 4.74 Å². The van der Waals surface area contributed by atoms with Crippen LogP contribution >= 0.6 is 15.9 Å². The Labute approximate surface area is 108 Å². The molecule has 0 bridgehead atoms. The minimum Gasteiger partial charge on any atom is -0.379 e. The van der Waals surface area contributed by atoms with Gasteiger partial charge in [-0.1, -0.05) is 15.9 Å². The molecule has 0 aliphatic carbocycles. The average Bonchev–Trinajstić information content (AvgIpc) is 2.33. The average molecular weight is 302 g/mol. The number of carbonyl (C=O) groups is 1. The van der Waals surface area contributed by atoms with Crippen molar-refractivity contribution >= 4 is 21.7 Å². The SMILES string of the molecule is O=C(CN1CCOCC1)c1cc(Br)ccc1F. The molecule has 0 atom stereocenters. The van der Waals surface area contributed by atoms with E-state index in [1.807, 2.05) is 4.90 Å². The van der Waals surface area contributed by atoms with E-state index in [4.69, 9.17) is 4.74 Å². The van der Waals surface area contributed by atoms with Crippen molar-refractivity contribution in [1.29, 1.82) is 0 Å². The minimum absolute atomic E-state index is 0.144. The highest BCUT2D eigenvalue weighted by atomic mass is 79.9.